The highest BCUT2D eigenvalue weighted by molar-refractivity contribution is 5.96. The largest absolute Gasteiger partial charge is 0.467 e. The SMILES string of the molecule is COCCN(Cc1ccco1)C(=O)c1cnc2c(cnn2Cc2ccccc2)c1. The molecule has 3 aromatic heterocycles. The van der Waals surface area contributed by atoms with Crippen LogP contribution in [0.25, 0.3) is 11.0 Å². The molecule has 0 unspecified atom stereocenters. The van der Waals surface area contributed by atoms with Gasteiger partial charge >= 0.3 is 0 Å². The highest BCUT2D eigenvalue weighted by Gasteiger charge is 2.19. The fourth-order valence-corrected chi connectivity index (χ4v) is 3.19. The van der Waals surface area contributed by atoms with Gasteiger partial charge in [-0.1, -0.05) is 30.3 Å². The fraction of sp³-hybridized carbons (Fsp3) is 0.227. The summed E-state index contributed by atoms with van der Waals surface area (Å²) in [5.74, 6) is 0.600. The van der Waals surface area contributed by atoms with Crippen molar-refractivity contribution in [1.82, 2.24) is 19.7 Å². The Labute approximate surface area is 168 Å². The minimum Gasteiger partial charge on any atom is -0.467 e. The molecule has 0 bridgehead atoms. The van der Waals surface area contributed by atoms with E-state index < -0.39 is 0 Å². The maximum Gasteiger partial charge on any atom is 0.255 e. The average Bonchev–Trinajstić information content (AvgIpc) is 3.41. The molecule has 4 rings (SSSR count). The zero-order chi connectivity index (χ0) is 20.1. The molecule has 3 heterocycles. The van der Waals surface area contributed by atoms with Gasteiger partial charge in [-0.3, -0.25) is 4.79 Å². The Morgan fingerprint density at radius 1 is 1.17 bits per heavy atom. The lowest BCUT2D eigenvalue weighted by atomic mass is 10.2. The van der Waals surface area contributed by atoms with Gasteiger partial charge in [-0.2, -0.15) is 5.10 Å². The summed E-state index contributed by atoms with van der Waals surface area (Å²) in [5.41, 5.74) is 2.41. The van der Waals surface area contributed by atoms with Gasteiger partial charge in [0.25, 0.3) is 5.91 Å². The second kappa shape index (κ2) is 8.70. The van der Waals surface area contributed by atoms with E-state index in [0.717, 1.165) is 22.4 Å². The van der Waals surface area contributed by atoms with Crippen molar-refractivity contribution in [2.75, 3.05) is 20.3 Å². The van der Waals surface area contributed by atoms with Gasteiger partial charge in [0.05, 0.1) is 37.7 Å². The second-order valence-electron chi connectivity index (χ2n) is 6.72. The molecule has 0 N–H and O–H groups in total. The van der Waals surface area contributed by atoms with Crippen LogP contribution in [0.1, 0.15) is 21.7 Å². The first-order valence-corrected chi connectivity index (χ1v) is 9.40. The number of hydrogen-bond donors (Lipinski definition) is 0. The Kier molecular flexibility index (Phi) is 5.67. The van der Waals surface area contributed by atoms with Gasteiger partial charge in [-0.05, 0) is 23.8 Å². The zero-order valence-electron chi connectivity index (χ0n) is 16.2. The van der Waals surface area contributed by atoms with E-state index in [1.165, 1.54) is 0 Å². The number of ether oxygens (including phenoxy) is 1. The molecule has 0 aliphatic carbocycles. The first kappa shape index (κ1) is 18.9. The van der Waals surface area contributed by atoms with E-state index in [1.807, 2.05) is 53.2 Å². The Balaban J connectivity index is 1.56. The Hall–Kier alpha value is -3.45. The minimum absolute atomic E-state index is 0.122. The number of fused-ring (bicyclic) bond motifs is 1. The van der Waals surface area contributed by atoms with E-state index in [2.05, 4.69) is 10.1 Å². The number of benzene rings is 1. The molecular weight excluding hydrogens is 368 g/mol. The van der Waals surface area contributed by atoms with Gasteiger partial charge in [0, 0.05) is 25.2 Å². The van der Waals surface area contributed by atoms with Crippen molar-refractivity contribution in [3.63, 3.8) is 0 Å². The van der Waals surface area contributed by atoms with Crippen LogP contribution in [0.15, 0.2) is 71.6 Å². The van der Waals surface area contributed by atoms with Crippen molar-refractivity contribution in [3.8, 4) is 0 Å². The predicted octanol–water partition coefficient (Wildman–Crippen LogP) is 3.36. The molecule has 0 spiro atoms. The number of carbonyl (C=O) groups excluding carboxylic acids is 1. The Bertz CT molecular complexity index is 1070. The van der Waals surface area contributed by atoms with Crippen LogP contribution >= 0.6 is 0 Å². The standard InChI is InChI=1S/C22H22N4O3/c1-28-11-9-25(16-20-8-5-10-29-20)22(27)19-12-18-14-24-26(21(18)23-13-19)15-17-6-3-2-4-7-17/h2-8,10,12-14H,9,11,15-16H2,1H3. The average molecular weight is 390 g/mol. The summed E-state index contributed by atoms with van der Waals surface area (Å²) < 4.78 is 12.4. The molecular formula is C22H22N4O3. The van der Waals surface area contributed by atoms with Crippen LogP contribution in [0.3, 0.4) is 0 Å². The molecule has 1 aromatic carbocycles. The molecule has 0 aliphatic heterocycles. The van der Waals surface area contributed by atoms with Gasteiger partial charge < -0.3 is 14.1 Å². The van der Waals surface area contributed by atoms with Crippen LogP contribution in [-0.4, -0.2) is 45.8 Å². The van der Waals surface area contributed by atoms with Gasteiger partial charge in [-0.15, -0.1) is 0 Å². The van der Waals surface area contributed by atoms with Crippen LogP contribution < -0.4 is 0 Å². The summed E-state index contributed by atoms with van der Waals surface area (Å²) >= 11 is 0. The molecule has 7 heteroatoms. The van der Waals surface area contributed by atoms with Crippen molar-refractivity contribution < 1.29 is 13.9 Å². The first-order valence-electron chi connectivity index (χ1n) is 9.40. The maximum absolute atomic E-state index is 13.1. The molecule has 7 nitrogen and oxygen atoms in total. The summed E-state index contributed by atoms with van der Waals surface area (Å²) in [6.07, 6.45) is 4.95. The van der Waals surface area contributed by atoms with Crippen LogP contribution in [0.2, 0.25) is 0 Å². The number of amides is 1. The van der Waals surface area contributed by atoms with Gasteiger partial charge in [0.2, 0.25) is 0 Å². The van der Waals surface area contributed by atoms with Crippen LogP contribution in [0.5, 0.6) is 0 Å². The molecule has 0 aliphatic rings. The van der Waals surface area contributed by atoms with Crippen LogP contribution in [0.4, 0.5) is 0 Å². The fourth-order valence-electron chi connectivity index (χ4n) is 3.19. The molecule has 0 atom stereocenters. The molecule has 0 radical (unpaired) electrons. The number of pyridine rings is 1. The number of carbonyl (C=O) groups is 1. The number of nitrogens with zero attached hydrogens (tertiary/aromatic N) is 4. The molecule has 1 amide bonds. The molecule has 29 heavy (non-hydrogen) atoms. The highest BCUT2D eigenvalue weighted by Crippen LogP contribution is 2.17. The van der Waals surface area contributed by atoms with Crippen LogP contribution in [0, 0.1) is 0 Å². The number of aromatic nitrogens is 3. The summed E-state index contributed by atoms with van der Waals surface area (Å²) in [6, 6.07) is 15.6. The number of furan rings is 1. The molecule has 0 fully saturated rings. The number of rotatable bonds is 8. The van der Waals surface area contributed by atoms with Crippen molar-refractivity contribution >= 4 is 16.9 Å². The molecule has 0 saturated carbocycles. The minimum atomic E-state index is -0.122. The van der Waals surface area contributed by atoms with Crippen molar-refractivity contribution in [3.05, 3.63) is 84.1 Å². The third kappa shape index (κ3) is 4.35. The van der Waals surface area contributed by atoms with E-state index in [4.69, 9.17) is 9.15 Å². The number of hydrogen-bond acceptors (Lipinski definition) is 5. The summed E-state index contributed by atoms with van der Waals surface area (Å²) in [7, 11) is 1.62. The van der Waals surface area contributed by atoms with E-state index >= 15 is 0 Å². The second-order valence-corrected chi connectivity index (χ2v) is 6.72. The third-order valence-corrected chi connectivity index (χ3v) is 4.68. The molecule has 4 aromatic rings. The quantitative estimate of drug-likeness (QED) is 0.461. The Morgan fingerprint density at radius 3 is 2.79 bits per heavy atom. The lowest BCUT2D eigenvalue weighted by Crippen LogP contribution is -2.33. The monoisotopic (exact) mass is 390 g/mol. The lowest BCUT2D eigenvalue weighted by Gasteiger charge is -2.21. The van der Waals surface area contributed by atoms with Crippen molar-refractivity contribution in [1.29, 1.82) is 0 Å². The van der Waals surface area contributed by atoms with E-state index in [9.17, 15) is 4.79 Å². The van der Waals surface area contributed by atoms with E-state index in [1.54, 1.807) is 30.7 Å². The third-order valence-electron chi connectivity index (χ3n) is 4.68. The first-order chi connectivity index (χ1) is 14.2. The molecule has 148 valence electrons. The van der Waals surface area contributed by atoms with Crippen LogP contribution in [-0.2, 0) is 17.8 Å². The molecule has 0 saturated heterocycles. The Morgan fingerprint density at radius 2 is 2.03 bits per heavy atom. The summed E-state index contributed by atoms with van der Waals surface area (Å²) in [6.45, 7) is 1.90. The van der Waals surface area contributed by atoms with Crippen molar-refractivity contribution in [2.45, 2.75) is 13.1 Å². The lowest BCUT2D eigenvalue weighted by molar-refractivity contribution is 0.0666. The van der Waals surface area contributed by atoms with Gasteiger partial charge in [0.15, 0.2) is 5.65 Å². The number of methoxy groups -OCH3 is 1. The van der Waals surface area contributed by atoms with E-state index in [0.29, 0.717) is 31.8 Å². The predicted molar refractivity (Wildman–Crippen MR) is 108 cm³/mol. The summed E-state index contributed by atoms with van der Waals surface area (Å²) in [4.78, 5) is 19.3. The summed E-state index contributed by atoms with van der Waals surface area (Å²) in [5, 5.41) is 5.27. The van der Waals surface area contributed by atoms with Gasteiger partial charge in [-0.25, -0.2) is 9.67 Å². The van der Waals surface area contributed by atoms with Crippen molar-refractivity contribution in [2.24, 2.45) is 0 Å². The van der Waals surface area contributed by atoms with Gasteiger partial charge in [0.1, 0.15) is 5.76 Å². The smallest absolute Gasteiger partial charge is 0.255 e. The van der Waals surface area contributed by atoms with E-state index in [-0.39, 0.29) is 5.91 Å². The topological polar surface area (TPSA) is 73.4 Å². The normalized spacial score (nSPS) is 11.1. The zero-order valence-corrected chi connectivity index (χ0v) is 16.2. The highest BCUT2D eigenvalue weighted by atomic mass is 16.5. The maximum atomic E-state index is 13.1.